The molecule has 0 aliphatic carbocycles. The van der Waals surface area contributed by atoms with Crippen molar-refractivity contribution >= 4 is 28.2 Å². The second kappa shape index (κ2) is 9.20. The second-order valence-corrected chi connectivity index (χ2v) is 7.63. The first-order valence-corrected chi connectivity index (χ1v) is 9.08. The molecule has 1 aliphatic heterocycles. The fraction of sp³-hybridized carbons (Fsp3) is 0.533. The SMILES string of the molecule is Cl.O=C(CCC1CCNC1)NCCS(=O)(=O)c1ccc(F)cc1. The van der Waals surface area contributed by atoms with E-state index in [0.29, 0.717) is 12.3 Å². The fourth-order valence-corrected chi connectivity index (χ4v) is 3.63. The van der Waals surface area contributed by atoms with E-state index in [1.54, 1.807) is 0 Å². The van der Waals surface area contributed by atoms with Crippen LogP contribution in [0.4, 0.5) is 4.39 Å². The lowest BCUT2D eigenvalue weighted by Crippen LogP contribution is -2.29. The number of hydrogen-bond acceptors (Lipinski definition) is 4. The van der Waals surface area contributed by atoms with Gasteiger partial charge in [-0.05, 0) is 56.1 Å². The Balaban J connectivity index is 0.00000264. The topological polar surface area (TPSA) is 75.3 Å². The maximum absolute atomic E-state index is 12.8. The van der Waals surface area contributed by atoms with Gasteiger partial charge in [-0.25, -0.2) is 12.8 Å². The highest BCUT2D eigenvalue weighted by Crippen LogP contribution is 2.14. The molecule has 1 saturated heterocycles. The largest absolute Gasteiger partial charge is 0.355 e. The average Bonchev–Trinajstić information content (AvgIpc) is 2.99. The molecule has 1 aliphatic rings. The minimum Gasteiger partial charge on any atom is -0.355 e. The van der Waals surface area contributed by atoms with Gasteiger partial charge in [0.05, 0.1) is 10.6 Å². The van der Waals surface area contributed by atoms with Crippen LogP contribution in [-0.4, -0.2) is 39.7 Å². The molecule has 1 unspecified atom stereocenters. The van der Waals surface area contributed by atoms with E-state index in [1.807, 2.05) is 0 Å². The molecule has 8 heteroatoms. The normalized spacial score (nSPS) is 17.5. The highest BCUT2D eigenvalue weighted by atomic mass is 35.5. The van der Waals surface area contributed by atoms with Crippen LogP contribution in [0.3, 0.4) is 0 Å². The molecular formula is C15H22ClFN2O3S. The van der Waals surface area contributed by atoms with Crippen molar-refractivity contribution in [3.8, 4) is 0 Å². The molecule has 1 aromatic carbocycles. The molecule has 0 saturated carbocycles. The highest BCUT2D eigenvalue weighted by molar-refractivity contribution is 7.91. The van der Waals surface area contributed by atoms with Crippen LogP contribution in [0.5, 0.6) is 0 Å². The van der Waals surface area contributed by atoms with Gasteiger partial charge >= 0.3 is 0 Å². The van der Waals surface area contributed by atoms with E-state index in [4.69, 9.17) is 0 Å². The van der Waals surface area contributed by atoms with Crippen LogP contribution in [0.25, 0.3) is 0 Å². The third kappa shape index (κ3) is 6.45. The first-order chi connectivity index (χ1) is 10.5. The van der Waals surface area contributed by atoms with Gasteiger partial charge in [-0.15, -0.1) is 12.4 Å². The van der Waals surface area contributed by atoms with Crippen molar-refractivity contribution in [2.45, 2.75) is 24.2 Å². The van der Waals surface area contributed by atoms with Crippen molar-refractivity contribution in [2.24, 2.45) is 5.92 Å². The maximum atomic E-state index is 12.8. The molecule has 2 N–H and O–H groups in total. The van der Waals surface area contributed by atoms with Crippen LogP contribution in [-0.2, 0) is 14.6 Å². The van der Waals surface area contributed by atoms with Crippen molar-refractivity contribution in [1.82, 2.24) is 10.6 Å². The molecule has 130 valence electrons. The van der Waals surface area contributed by atoms with Gasteiger partial charge in [0.25, 0.3) is 0 Å². The Morgan fingerprint density at radius 3 is 2.61 bits per heavy atom. The van der Waals surface area contributed by atoms with Crippen molar-refractivity contribution in [3.63, 3.8) is 0 Å². The Bertz CT molecular complexity index is 602. The van der Waals surface area contributed by atoms with Crippen molar-refractivity contribution in [3.05, 3.63) is 30.1 Å². The summed E-state index contributed by atoms with van der Waals surface area (Å²) in [6, 6.07) is 4.70. The van der Waals surface area contributed by atoms with Gasteiger partial charge in [-0.1, -0.05) is 0 Å². The molecule has 0 bridgehead atoms. The van der Waals surface area contributed by atoms with E-state index >= 15 is 0 Å². The fourth-order valence-electron chi connectivity index (χ4n) is 2.47. The number of rotatable bonds is 7. The minimum absolute atomic E-state index is 0. The number of sulfone groups is 1. The van der Waals surface area contributed by atoms with Gasteiger partial charge in [-0.3, -0.25) is 4.79 Å². The van der Waals surface area contributed by atoms with Crippen LogP contribution >= 0.6 is 12.4 Å². The van der Waals surface area contributed by atoms with Gasteiger partial charge in [0, 0.05) is 13.0 Å². The summed E-state index contributed by atoms with van der Waals surface area (Å²) < 4.78 is 36.8. The van der Waals surface area contributed by atoms with E-state index < -0.39 is 15.7 Å². The zero-order valence-corrected chi connectivity index (χ0v) is 14.4. The summed E-state index contributed by atoms with van der Waals surface area (Å²) in [6.45, 7) is 2.02. The van der Waals surface area contributed by atoms with E-state index in [2.05, 4.69) is 10.6 Å². The summed E-state index contributed by atoms with van der Waals surface area (Å²) >= 11 is 0. The number of benzene rings is 1. The first kappa shape index (κ1) is 19.9. The number of hydrogen-bond donors (Lipinski definition) is 2. The number of nitrogens with one attached hydrogen (secondary N) is 2. The molecule has 1 amide bonds. The van der Waals surface area contributed by atoms with E-state index in [0.717, 1.165) is 38.1 Å². The number of halogens is 2. The standard InChI is InChI=1S/C15H21FN2O3S.ClH/c16-13-2-4-14(5-3-13)22(20,21)10-9-18-15(19)6-1-12-7-8-17-11-12;/h2-5,12,17H,1,6-11H2,(H,18,19);1H. The van der Waals surface area contributed by atoms with E-state index in [9.17, 15) is 17.6 Å². The van der Waals surface area contributed by atoms with Crippen molar-refractivity contribution in [2.75, 3.05) is 25.4 Å². The Labute approximate surface area is 142 Å². The monoisotopic (exact) mass is 364 g/mol. The van der Waals surface area contributed by atoms with Crippen molar-refractivity contribution in [1.29, 1.82) is 0 Å². The van der Waals surface area contributed by atoms with Crippen LogP contribution in [0.15, 0.2) is 29.2 Å². The summed E-state index contributed by atoms with van der Waals surface area (Å²) in [4.78, 5) is 11.8. The van der Waals surface area contributed by atoms with Crippen LogP contribution in [0.2, 0.25) is 0 Å². The smallest absolute Gasteiger partial charge is 0.220 e. The molecular weight excluding hydrogens is 343 g/mol. The molecule has 2 rings (SSSR count). The molecule has 0 aromatic heterocycles. The molecule has 0 spiro atoms. The summed E-state index contributed by atoms with van der Waals surface area (Å²) in [7, 11) is -3.49. The first-order valence-electron chi connectivity index (χ1n) is 7.43. The second-order valence-electron chi connectivity index (χ2n) is 5.52. The van der Waals surface area contributed by atoms with Gasteiger partial charge in [0.1, 0.15) is 5.82 Å². The van der Waals surface area contributed by atoms with E-state index in [-0.39, 0.29) is 35.5 Å². The molecule has 23 heavy (non-hydrogen) atoms. The van der Waals surface area contributed by atoms with Gasteiger partial charge in [0.15, 0.2) is 9.84 Å². The lowest BCUT2D eigenvalue weighted by atomic mass is 10.0. The van der Waals surface area contributed by atoms with Gasteiger partial charge < -0.3 is 10.6 Å². The number of carbonyl (C=O) groups excluding carboxylic acids is 1. The Morgan fingerprint density at radius 1 is 1.30 bits per heavy atom. The van der Waals surface area contributed by atoms with Crippen LogP contribution < -0.4 is 10.6 Å². The van der Waals surface area contributed by atoms with Gasteiger partial charge in [-0.2, -0.15) is 0 Å². The minimum atomic E-state index is -3.49. The Hall–Kier alpha value is -1.18. The number of amides is 1. The Morgan fingerprint density at radius 2 is 2.00 bits per heavy atom. The molecule has 1 aromatic rings. The third-order valence-corrected chi connectivity index (χ3v) is 5.54. The third-order valence-electron chi connectivity index (χ3n) is 3.81. The zero-order chi connectivity index (χ0) is 16.0. The van der Waals surface area contributed by atoms with Crippen molar-refractivity contribution < 1.29 is 17.6 Å². The average molecular weight is 365 g/mol. The molecule has 1 fully saturated rings. The van der Waals surface area contributed by atoms with Crippen LogP contribution in [0.1, 0.15) is 19.3 Å². The molecule has 1 atom stereocenters. The molecule has 0 radical (unpaired) electrons. The lowest BCUT2D eigenvalue weighted by molar-refractivity contribution is -0.121. The maximum Gasteiger partial charge on any atom is 0.220 e. The zero-order valence-electron chi connectivity index (χ0n) is 12.8. The summed E-state index contributed by atoms with van der Waals surface area (Å²) in [5, 5.41) is 5.87. The van der Waals surface area contributed by atoms with E-state index in [1.165, 1.54) is 12.1 Å². The highest BCUT2D eigenvalue weighted by Gasteiger charge is 2.17. The molecule has 5 nitrogen and oxygen atoms in total. The summed E-state index contributed by atoms with van der Waals surface area (Å²) in [6.07, 6.45) is 2.33. The predicted octanol–water partition coefficient (Wildman–Crippen LogP) is 1.53. The van der Waals surface area contributed by atoms with Crippen LogP contribution in [0, 0.1) is 11.7 Å². The number of carbonyl (C=O) groups is 1. The summed E-state index contributed by atoms with van der Waals surface area (Å²) in [5.74, 6) is -0.251. The molecule has 1 heterocycles. The van der Waals surface area contributed by atoms with Gasteiger partial charge in [0.2, 0.25) is 5.91 Å². The summed E-state index contributed by atoms with van der Waals surface area (Å²) in [5.41, 5.74) is 0. The Kier molecular flexibility index (Phi) is 7.94. The lowest BCUT2D eigenvalue weighted by Gasteiger charge is -2.09. The predicted molar refractivity (Wildman–Crippen MR) is 88.9 cm³/mol. The quantitative estimate of drug-likeness (QED) is 0.719.